The third-order valence-electron chi connectivity index (χ3n) is 4.47. The summed E-state index contributed by atoms with van der Waals surface area (Å²) in [5.41, 5.74) is 1.60. The Morgan fingerprint density at radius 3 is 2.58 bits per heavy atom. The molecule has 0 spiro atoms. The van der Waals surface area contributed by atoms with E-state index in [-0.39, 0.29) is 22.0 Å². The van der Waals surface area contributed by atoms with Crippen LogP contribution in [0.3, 0.4) is 0 Å². The third-order valence-corrected chi connectivity index (χ3v) is 4.77. The number of aromatic nitrogens is 5. The number of alkyl halides is 3. The summed E-state index contributed by atoms with van der Waals surface area (Å²) < 4.78 is 50.2. The van der Waals surface area contributed by atoms with Crippen molar-refractivity contribution in [3.63, 3.8) is 0 Å². The minimum atomic E-state index is -4.42. The van der Waals surface area contributed by atoms with Crippen LogP contribution in [-0.4, -0.2) is 49.8 Å². The molecule has 0 aliphatic heterocycles. The largest absolute Gasteiger partial charge is 0.494 e. The molecule has 0 saturated heterocycles. The lowest BCUT2D eigenvalue weighted by molar-refractivity contribution is -0.142. The first-order valence-electron chi connectivity index (χ1n) is 8.78. The number of pyridine rings is 2. The van der Waals surface area contributed by atoms with Crippen molar-refractivity contribution in [1.82, 2.24) is 24.3 Å². The summed E-state index contributed by atoms with van der Waals surface area (Å²) in [5.74, 6) is 0.435. The van der Waals surface area contributed by atoms with Gasteiger partial charge in [-0.05, 0) is 12.1 Å². The quantitative estimate of drug-likeness (QED) is 0.487. The fraction of sp³-hybridized carbons (Fsp3) is 0.211. The van der Waals surface area contributed by atoms with E-state index in [4.69, 9.17) is 21.1 Å². The van der Waals surface area contributed by atoms with Crippen LogP contribution in [0.25, 0.3) is 27.8 Å². The van der Waals surface area contributed by atoms with Gasteiger partial charge in [-0.1, -0.05) is 11.6 Å². The van der Waals surface area contributed by atoms with Crippen LogP contribution in [0.5, 0.6) is 17.5 Å². The van der Waals surface area contributed by atoms with Crippen molar-refractivity contribution in [3.05, 3.63) is 41.9 Å². The van der Waals surface area contributed by atoms with Gasteiger partial charge in [-0.2, -0.15) is 18.3 Å². The molecule has 0 aliphatic rings. The maximum Gasteiger partial charge on any atom is 0.408 e. The maximum absolute atomic E-state index is 12.6. The minimum absolute atomic E-state index is 0.203. The molecular formula is C19H15ClF3N5O3. The van der Waals surface area contributed by atoms with Crippen LogP contribution in [0.4, 0.5) is 13.2 Å². The summed E-state index contributed by atoms with van der Waals surface area (Å²) in [5, 5.41) is 14.8. The Morgan fingerprint density at radius 1 is 1.13 bits per heavy atom. The summed E-state index contributed by atoms with van der Waals surface area (Å²) in [4.78, 5) is 8.67. The lowest BCUT2D eigenvalue weighted by Gasteiger charge is -2.08. The highest BCUT2D eigenvalue weighted by atomic mass is 35.5. The Hall–Kier alpha value is -3.47. The zero-order valence-corrected chi connectivity index (χ0v) is 16.9. The first-order valence-corrected chi connectivity index (χ1v) is 9.16. The summed E-state index contributed by atoms with van der Waals surface area (Å²) in [6, 6.07) is 3.22. The molecular weight excluding hydrogens is 439 g/mol. The zero-order valence-electron chi connectivity index (χ0n) is 16.2. The van der Waals surface area contributed by atoms with Gasteiger partial charge in [-0.15, -0.1) is 0 Å². The summed E-state index contributed by atoms with van der Waals surface area (Å²) in [6.07, 6.45) is 0.948. The van der Waals surface area contributed by atoms with Gasteiger partial charge in [-0.3, -0.25) is 9.25 Å². The van der Waals surface area contributed by atoms with E-state index in [0.717, 1.165) is 4.68 Å². The van der Waals surface area contributed by atoms with Crippen molar-refractivity contribution < 1.29 is 27.8 Å². The van der Waals surface area contributed by atoms with Crippen LogP contribution in [0.2, 0.25) is 5.02 Å². The molecule has 4 heterocycles. The molecule has 4 rings (SSSR count). The van der Waals surface area contributed by atoms with E-state index in [1.54, 1.807) is 12.1 Å². The van der Waals surface area contributed by atoms with E-state index < -0.39 is 12.7 Å². The van der Waals surface area contributed by atoms with Crippen LogP contribution in [0.15, 0.2) is 36.9 Å². The number of methoxy groups -OCH3 is 2. The molecule has 162 valence electrons. The summed E-state index contributed by atoms with van der Waals surface area (Å²) >= 11 is 6.38. The average Bonchev–Trinajstić information content (AvgIpc) is 3.30. The second-order valence-electron chi connectivity index (χ2n) is 6.52. The van der Waals surface area contributed by atoms with Crippen molar-refractivity contribution in [1.29, 1.82) is 0 Å². The Balaban J connectivity index is 1.77. The van der Waals surface area contributed by atoms with Crippen LogP contribution in [0, 0.1) is 0 Å². The van der Waals surface area contributed by atoms with E-state index in [0.29, 0.717) is 28.4 Å². The molecule has 31 heavy (non-hydrogen) atoms. The molecule has 12 heteroatoms. The molecule has 4 aromatic heterocycles. The van der Waals surface area contributed by atoms with Gasteiger partial charge in [0.25, 0.3) is 5.88 Å². The van der Waals surface area contributed by atoms with Crippen LogP contribution < -0.4 is 9.47 Å². The Kier molecular flexibility index (Phi) is 5.13. The number of ether oxygens (including phenoxy) is 2. The number of halogens is 4. The lowest BCUT2D eigenvalue weighted by Crippen LogP contribution is -2.17. The fourth-order valence-electron chi connectivity index (χ4n) is 3.11. The second-order valence-corrected chi connectivity index (χ2v) is 6.93. The maximum atomic E-state index is 12.6. The minimum Gasteiger partial charge on any atom is -0.494 e. The molecule has 8 nitrogen and oxygen atoms in total. The third kappa shape index (κ3) is 3.96. The number of rotatable bonds is 5. The molecule has 0 fully saturated rings. The van der Waals surface area contributed by atoms with E-state index in [1.807, 2.05) is 0 Å². The van der Waals surface area contributed by atoms with Crippen molar-refractivity contribution in [3.8, 4) is 34.5 Å². The van der Waals surface area contributed by atoms with Crippen LogP contribution in [-0.2, 0) is 6.54 Å². The van der Waals surface area contributed by atoms with Crippen molar-refractivity contribution >= 4 is 22.5 Å². The molecule has 0 saturated carbocycles. The number of hydrogen-bond acceptors (Lipinski definition) is 6. The average molecular weight is 454 g/mol. The highest BCUT2D eigenvalue weighted by Gasteiger charge is 2.28. The SMILES string of the molecule is COc1cc(-c2cc(Cl)c3c(O)n(-c4cnn(CC(F)(F)F)c4)cc3n2)cnc1OC. The van der Waals surface area contributed by atoms with Gasteiger partial charge in [0.05, 0.1) is 47.7 Å². The Labute approximate surface area is 178 Å². The lowest BCUT2D eigenvalue weighted by atomic mass is 10.1. The standard InChI is InChI=1S/C19H15ClF3N5O3/c1-30-15-3-10(5-24-17(15)31-2)13-4-12(20)16-14(26-13)8-28(18(16)29)11-6-25-27(7-11)9-19(21,22)23/h3-8,29H,9H2,1-2H3. The number of aromatic hydroxyl groups is 1. The van der Waals surface area contributed by atoms with E-state index in [9.17, 15) is 18.3 Å². The Morgan fingerprint density at radius 2 is 1.90 bits per heavy atom. The molecule has 0 unspecified atom stereocenters. The highest BCUT2D eigenvalue weighted by Crippen LogP contribution is 2.38. The zero-order chi connectivity index (χ0) is 22.3. The summed E-state index contributed by atoms with van der Waals surface area (Å²) in [6.45, 7) is -1.25. The highest BCUT2D eigenvalue weighted by molar-refractivity contribution is 6.36. The molecule has 1 N–H and O–H groups in total. The van der Waals surface area contributed by atoms with Gasteiger partial charge in [0.15, 0.2) is 5.75 Å². The van der Waals surface area contributed by atoms with E-state index >= 15 is 0 Å². The summed E-state index contributed by atoms with van der Waals surface area (Å²) in [7, 11) is 2.94. The Bertz CT molecular complexity index is 1270. The molecule has 0 radical (unpaired) electrons. The van der Waals surface area contributed by atoms with E-state index in [1.165, 1.54) is 43.6 Å². The van der Waals surface area contributed by atoms with Crippen LogP contribution >= 0.6 is 11.6 Å². The van der Waals surface area contributed by atoms with Gasteiger partial charge >= 0.3 is 6.18 Å². The van der Waals surface area contributed by atoms with Gasteiger partial charge < -0.3 is 14.6 Å². The smallest absolute Gasteiger partial charge is 0.408 e. The number of nitrogens with zero attached hydrogens (tertiary/aromatic N) is 5. The molecule has 0 atom stereocenters. The second kappa shape index (κ2) is 7.65. The normalized spacial score (nSPS) is 11.8. The van der Waals surface area contributed by atoms with Gasteiger partial charge in [-0.25, -0.2) is 9.97 Å². The first kappa shape index (κ1) is 20.8. The molecule has 0 aromatic carbocycles. The monoisotopic (exact) mass is 453 g/mol. The van der Waals surface area contributed by atoms with E-state index in [2.05, 4.69) is 15.1 Å². The molecule has 0 aliphatic carbocycles. The van der Waals surface area contributed by atoms with Gasteiger partial charge in [0.2, 0.25) is 5.88 Å². The van der Waals surface area contributed by atoms with Crippen molar-refractivity contribution in [2.75, 3.05) is 14.2 Å². The topological polar surface area (TPSA) is 87.2 Å². The van der Waals surface area contributed by atoms with Crippen molar-refractivity contribution in [2.45, 2.75) is 12.7 Å². The van der Waals surface area contributed by atoms with Gasteiger partial charge in [0.1, 0.15) is 6.54 Å². The number of fused-ring (bicyclic) bond motifs is 1. The van der Waals surface area contributed by atoms with Crippen molar-refractivity contribution in [2.24, 2.45) is 0 Å². The fourth-order valence-corrected chi connectivity index (χ4v) is 3.40. The van der Waals surface area contributed by atoms with Crippen LogP contribution in [0.1, 0.15) is 0 Å². The molecule has 0 bridgehead atoms. The predicted octanol–water partition coefficient (Wildman–Crippen LogP) is 4.22. The molecule has 0 amide bonds. The molecule has 4 aromatic rings. The predicted molar refractivity (Wildman–Crippen MR) is 106 cm³/mol. The first-order chi connectivity index (χ1) is 14.7. The number of hydrogen-bond donors (Lipinski definition) is 1. The van der Waals surface area contributed by atoms with Gasteiger partial charge in [0, 0.05) is 24.2 Å².